The van der Waals surface area contributed by atoms with E-state index in [1.165, 1.54) is 76.5 Å². The molecule has 1 aliphatic rings. The van der Waals surface area contributed by atoms with E-state index < -0.39 is 5.41 Å². The number of hydrogen-bond donors (Lipinski definition) is 0. The molecule has 0 aliphatic heterocycles. The lowest BCUT2D eigenvalue weighted by molar-refractivity contribution is 0.768. The predicted octanol–water partition coefficient (Wildman–Crippen LogP) is 14.1. The van der Waals surface area contributed by atoms with Crippen molar-refractivity contribution in [3.8, 4) is 11.1 Å². The van der Waals surface area contributed by atoms with Crippen molar-refractivity contribution >= 4 is 60.2 Å². The highest BCUT2D eigenvalue weighted by Gasteiger charge is 2.47. The minimum Gasteiger partial charge on any atom is -0.309 e. The van der Waals surface area contributed by atoms with Crippen LogP contribution in [0.4, 0.5) is 17.1 Å². The van der Waals surface area contributed by atoms with Gasteiger partial charge in [0.15, 0.2) is 0 Å². The molecule has 0 atom stereocenters. The molecule has 0 bridgehead atoms. The highest BCUT2D eigenvalue weighted by Crippen LogP contribution is 2.59. The molecule has 0 saturated heterocycles. The molecule has 0 spiro atoms. The van der Waals surface area contributed by atoms with Crippen LogP contribution in [-0.4, -0.2) is 0 Å². The molecule has 252 valence electrons. The molecule has 0 N–H and O–H groups in total. The third kappa shape index (κ3) is 4.33. The summed E-state index contributed by atoms with van der Waals surface area (Å²) in [6.07, 6.45) is 0. The molecular weight excluding hydrogens is 651 g/mol. The van der Waals surface area contributed by atoms with Gasteiger partial charge in [0.1, 0.15) is 0 Å². The van der Waals surface area contributed by atoms with E-state index in [1.54, 1.807) is 0 Å². The van der Waals surface area contributed by atoms with Gasteiger partial charge in [-0.2, -0.15) is 0 Å². The first kappa shape index (κ1) is 30.6. The van der Waals surface area contributed by atoms with E-state index in [4.69, 9.17) is 0 Å². The third-order valence-electron chi connectivity index (χ3n) is 11.7. The molecule has 1 aliphatic carbocycles. The van der Waals surface area contributed by atoms with Crippen LogP contribution in [-0.2, 0) is 5.41 Å². The Morgan fingerprint density at radius 2 is 0.833 bits per heavy atom. The molecular formula is C53H35N. The predicted molar refractivity (Wildman–Crippen MR) is 228 cm³/mol. The second-order valence-electron chi connectivity index (χ2n) is 14.4. The molecule has 0 unspecified atom stereocenters. The summed E-state index contributed by atoms with van der Waals surface area (Å²) in [5, 5.41) is 10.1. The van der Waals surface area contributed by atoms with Crippen LogP contribution < -0.4 is 4.90 Å². The highest BCUT2D eigenvalue weighted by molar-refractivity contribution is 6.28. The zero-order chi connectivity index (χ0) is 35.6. The topological polar surface area (TPSA) is 3.24 Å². The normalized spacial score (nSPS) is 13.0. The van der Waals surface area contributed by atoms with Gasteiger partial charge in [0.25, 0.3) is 0 Å². The second kappa shape index (κ2) is 12.0. The maximum atomic E-state index is 2.50. The number of rotatable bonds is 5. The van der Waals surface area contributed by atoms with Gasteiger partial charge < -0.3 is 4.90 Å². The molecule has 0 radical (unpaired) electrons. The Bertz CT molecular complexity index is 2990. The largest absolute Gasteiger partial charge is 0.309 e. The lowest BCUT2D eigenvalue weighted by Gasteiger charge is -2.34. The van der Waals surface area contributed by atoms with Gasteiger partial charge in [-0.1, -0.05) is 188 Å². The number of benzene rings is 10. The fourth-order valence-corrected chi connectivity index (χ4v) is 9.50. The standard InChI is InChI=1S/C53H35N/c1-4-17-39(18-5-1)53(40-19-6-2-7-20-40)46-26-13-12-24-45(46)52-47(53)27-15-29-49(52)54(41-21-8-3-9-22-41)48-28-14-25-44-43(48)35-34-38-33-32-37-31-30-36-16-10-11-23-42(36)50(37)51(38)44/h1-35H. The van der Waals surface area contributed by atoms with Crippen molar-refractivity contribution in [2.24, 2.45) is 0 Å². The molecule has 0 fully saturated rings. The minimum atomic E-state index is -0.484. The minimum absolute atomic E-state index is 0.484. The first-order chi connectivity index (χ1) is 26.8. The molecule has 0 heterocycles. The van der Waals surface area contributed by atoms with Crippen LogP contribution >= 0.6 is 0 Å². The van der Waals surface area contributed by atoms with Crippen LogP contribution in [0.5, 0.6) is 0 Å². The molecule has 54 heavy (non-hydrogen) atoms. The average Bonchev–Trinajstić information content (AvgIpc) is 3.56. The molecule has 10 aromatic rings. The fourth-order valence-electron chi connectivity index (χ4n) is 9.50. The monoisotopic (exact) mass is 685 g/mol. The van der Waals surface area contributed by atoms with E-state index in [0.29, 0.717) is 0 Å². The lowest BCUT2D eigenvalue weighted by Crippen LogP contribution is -2.28. The molecule has 1 heteroatoms. The van der Waals surface area contributed by atoms with Gasteiger partial charge in [0, 0.05) is 16.6 Å². The molecule has 11 rings (SSSR count). The Morgan fingerprint density at radius 3 is 1.57 bits per heavy atom. The van der Waals surface area contributed by atoms with Crippen LogP contribution in [0, 0.1) is 0 Å². The summed E-state index contributed by atoms with van der Waals surface area (Å²) in [4.78, 5) is 2.50. The molecule has 1 nitrogen and oxygen atoms in total. The summed E-state index contributed by atoms with van der Waals surface area (Å²) < 4.78 is 0. The zero-order valence-electron chi connectivity index (χ0n) is 29.7. The second-order valence-corrected chi connectivity index (χ2v) is 14.4. The summed E-state index contributed by atoms with van der Waals surface area (Å²) in [7, 11) is 0. The average molecular weight is 686 g/mol. The van der Waals surface area contributed by atoms with Crippen LogP contribution in [0.2, 0.25) is 0 Å². The van der Waals surface area contributed by atoms with Gasteiger partial charge in [-0.25, -0.2) is 0 Å². The molecule has 0 aromatic heterocycles. The number of anilines is 3. The van der Waals surface area contributed by atoms with Crippen LogP contribution in [0.25, 0.3) is 54.2 Å². The lowest BCUT2D eigenvalue weighted by atomic mass is 9.68. The first-order valence-electron chi connectivity index (χ1n) is 18.8. The summed E-state index contributed by atoms with van der Waals surface area (Å²) in [5.41, 5.74) is 10.6. The quantitative estimate of drug-likeness (QED) is 0.163. The Kier molecular flexibility index (Phi) is 6.84. The Balaban J connectivity index is 1.25. The van der Waals surface area contributed by atoms with Crippen LogP contribution in [0.15, 0.2) is 212 Å². The number of para-hydroxylation sites is 1. The maximum Gasteiger partial charge on any atom is 0.0714 e. The van der Waals surface area contributed by atoms with E-state index in [9.17, 15) is 0 Å². The molecule has 0 amide bonds. The number of hydrogen-bond acceptors (Lipinski definition) is 1. The highest BCUT2D eigenvalue weighted by atomic mass is 15.1. The van der Waals surface area contributed by atoms with E-state index in [0.717, 1.165) is 17.1 Å². The van der Waals surface area contributed by atoms with E-state index in [2.05, 4.69) is 217 Å². The van der Waals surface area contributed by atoms with E-state index >= 15 is 0 Å². The first-order valence-corrected chi connectivity index (χ1v) is 18.8. The van der Waals surface area contributed by atoms with Crippen molar-refractivity contribution in [1.82, 2.24) is 0 Å². The Morgan fingerprint density at radius 1 is 0.315 bits per heavy atom. The van der Waals surface area contributed by atoms with Gasteiger partial charge >= 0.3 is 0 Å². The van der Waals surface area contributed by atoms with Gasteiger partial charge in [0.2, 0.25) is 0 Å². The molecule has 10 aromatic carbocycles. The van der Waals surface area contributed by atoms with E-state index in [-0.39, 0.29) is 0 Å². The maximum absolute atomic E-state index is 2.50. The van der Waals surface area contributed by atoms with Gasteiger partial charge in [-0.3, -0.25) is 0 Å². The summed E-state index contributed by atoms with van der Waals surface area (Å²) in [6, 6.07) is 78.3. The van der Waals surface area contributed by atoms with Crippen molar-refractivity contribution in [3.05, 3.63) is 235 Å². The van der Waals surface area contributed by atoms with Gasteiger partial charge in [0.05, 0.1) is 16.8 Å². The SMILES string of the molecule is c1ccc(N(c2cccc3c2-c2ccccc2C3(c2ccccc2)c2ccccc2)c2cccc3c2ccc2ccc4ccc5ccccc5c4c23)cc1. The number of nitrogens with zero attached hydrogens (tertiary/aromatic N) is 1. The van der Waals surface area contributed by atoms with Crippen molar-refractivity contribution < 1.29 is 0 Å². The van der Waals surface area contributed by atoms with Crippen molar-refractivity contribution in [2.45, 2.75) is 5.41 Å². The zero-order valence-corrected chi connectivity index (χ0v) is 29.7. The van der Waals surface area contributed by atoms with Crippen LogP contribution in [0.3, 0.4) is 0 Å². The summed E-state index contributed by atoms with van der Waals surface area (Å²) in [6.45, 7) is 0. The number of fused-ring (bicyclic) bond motifs is 10. The van der Waals surface area contributed by atoms with E-state index in [1.807, 2.05) is 0 Å². The summed E-state index contributed by atoms with van der Waals surface area (Å²) in [5.74, 6) is 0. The third-order valence-corrected chi connectivity index (χ3v) is 11.7. The smallest absolute Gasteiger partial charge is 0.0714 e. The summed E-state index contributed by atoms with van der Waals surface area (Å²) >= 11 is 0. The van der Waals surface area contributed by atoms with Crippen molar-refractivity contribution in [1.29, 1.82) is 0 Å². The Labute approximate surface area is 315 Å². The van der Waals surface area contributed by atoms with Crippen molar-refractivity contribution in [2.75, 3.05) is 4.90 Å². The fraction of sp³-hybridized carbons (Fsp3) is 0.0189. The van der Waals surface area contributed by atoms with Gasteiger partial charge in [-0.15, -0.1) is 0 Å². The Hall–Kier alpha value is -6.96. The van der Waals surface area contributed by atoms with Crippen LogP contribution in [0.1, 0.15) is 22.3 Å². The molecule has 0 saturated carbocycles. The van der Waals surface area contributed by atoms with Gasteiger partial charge in [-0.05, 0) is 89.8 Å². The van der Waals surface area contributed by atoms with Crippen molar-refractivity contribution in [3.63, 3.8) is 0 Å².